The molecule has 0 aliphatic heterocycles. The predicted octanol–water partition coefficient (Wildman–Crippen LogP) is 2.07. The first-order valence-electron chi connectivity index (χ1n) is 5.52. The van der Waals surface area contributed by atoms with Gasteiger partial charge in [0.15, 0.2) is 5.96 Å². The number of aromatic nitrogens is 1. The van der Waals surface area contributed by atoms with E-state index in [1.165, 1.54) is 0 Å². The lowest BCUT2D eigenvalue weighted by Crippen LogP contribution is -2.34. The van der Waals surface area contributed by atoms with Crippen molar-refractivity contribution >= 4 is 29.9 Å². The second-order valence-corrected chi connectivity index (χ2v) is 4.35. The number of guanidine groups is 1. The number of rotatable bonds is 4. The molecule has 0 radical (unpaired) electrons. The molecule has 3 N–H and O–H groups in total. The van der Waals surface area contributed by atoms with Gasteiger partial charge in [0.25, 0.3) is 0 Å². The van der Waals surface area contributed by atoms with Gasteiger partial charge < -0.3 is 11.1 Å². The number of hydrogen-bond acceptors (Lipinski definition) is 2. The zero-order valence-corrected chi connectivity index (χ0v) is 12.9. The molecule has 0 unspecified atom stereocenters. The van der Waals surface area contributed by atoms with Crippen LogP contribution in [0.4, 0.5) is 0 Å². The quantitative estimate of drug-likeness (QED) is 0.497. The number of aryl methyl sites for hydroxylation is 1. The van der Waals surface area contributed by atoms with E-state index in [4.69, 9.17) is 5.73 Å². The van der Waals surface area contributed by atoms with Crippen LogP contribution in [0.1, 0.15) is 25.0 Å². The molecule has 5 heteroatoms. The van der Waals surface area contributed by atoms with Gasteiger partial charge in [-0.3, -0.25) is 4.98 Å². The first-order chi connectivity index (χ1) is 7.58. The van der Waals surface area contributed by atoms with Gasteiger partial charge in [-0.15, -0.1) is 24.0 Å². The molecule has 0 aromatic carbocycles. The van der Waals surface area contributed by atoms with Gasteiger partial charge in [0.1, 0.15) is 0 Å². The van der Waals surface area contributed by atoms with Crippen molar-refractivity contribution in [2.45, 2.75) is 27.3 Å². The summed E-state index contributed by atoms with van der Waals surface area (Å²) in [5.41, 5.74) is 7.94. The summed E-state index contributed by atoms with van der Waals surface area (Å²) in [6.07, 6.45) is 3.64. The molecule has 1 heterocycles. The number of nitrogens with one attached hydrogen (secondary N) is 1. The fourth-order valence-electron chi connectivity index (χ4n) is 1.25. The maximum atomic E-state index is 5.73. The third kappa shape index (κ3) is 7.14. The average Bonchev–Trinajstić information content (AvgIpc) is 2.23. The van der Waals surface area contributed by atoms with Crippen LogP contribution in [0.5, 0.6) is 0 Å². The molecule has 1 aromatic heterocycles. The van der Waals surface area contributed by atoms with Gasteiger partial charge in [0, 0.05) is 18.9 Å². The van der Waals surface area contributed by atoms with Crippen molar-refractivity contribution in [3.05, 3.63) is 29.6 Å². The van der Waals surface area contributed by atoms with Gasteiger partial charge in [-0.25, -0.2) is 4.99 Å². The molecular formula is C12H21IN4. The summed E-state index contributed by atoms with van der Waals surface area (Å²) in [6.45, 7) is 7.70. The van der Waals surface area contributed by atoms with Crippen LogP contribution in [0.2, 0.25) is 0 Å². The van der Waals surface area contributed by atoms with Crippen LogP contribution < -0.4 is 11.1 Å². The first-order valence-corrected chi connectivity index (χ1v) is 5.52. The number of halogens is 1. The molecule has 4 nitrogen and oxygen atoms in total. The summed E-state index contributed by atoms with van der Waals surface area (Å²) in [5.74, 6) is 1.06. The number of aliphatic imine (C=N–C) groups is 1. The van der Waals surface area contributed by atoms with Crippen molar-refractivity contribution in [1.82, 2.24) is 10.3 Å². The van der Waals surface area contributed by atoms with Crippen LogP contribution in [0, 0.1) is 12.8 Å². The Bertz CT molecular complexity index is 363. The van der Waals surface area contributed by atoms with Gasteiger partial charge in [0.05, 0.1) is 6.54 Å². The Hall–Kier alpha value is -0.850. The standard InChI is InChI=1S/C12H20N4.HI/c1-9(2)5-15-12(13)16-8-11-4-10(3)6-14-7-11;/h4,6-7,9H,5,8H2,1-3H3,(H3,13,15,16);1H. The summed E-state index contributed by atoms with van der Waals surface area (Å²) in [6, 6.07) is 2.06. The normalized spacial score (nSPS) is 11.2. The summed E-state index contributed by atoms with van der Waals surface area (Å²) in [5, 5.41) is 3.07. The Morgan fingerprint density at radius 2 is 2.18 bits per heavy atom. The fourth-order valence-corrected chi connectivity index (χ4v) is 1.25. The smallest absolute Gasteiger partial charge is 0.188 e. The number of pyridine rings is 1. The largest absolute Gasteiger partial charge is 0.370 e. The van der Waals surface area contributed by atoms with Crippen LogP contribution in [0.3, 0.4) is 0 Å². The number of nitrogens with two attached hydrogens (primary N) is 1. The second kappa shape index (κ2) is 8.27. The fraction of sp³-hybridized carbons (Fsp3) is 0.500. The van der Waals surface area contributed by atoms with Gasteiger partial charge in [-0.2, -0.15) is 0 Å². The minimum absolute atomic E-state index is 0. The molecule has 0 aliphatic rings. The monoisotopic (exact) mass is 348 g/mol. The Labute approximate surface area is 120 Å². The van der Waals surface area contributed by atoms with Crippen molar-refractivity contribution in [3.63, 3.8) is 0 Å². The molecule has 0 atom stereocenters. The van der Waals surface area contributed by atoms with Gasteiger partial charge in [-0.05, 0) is 24.0 Å². The second-order valence-electron chi connectivity index (χ2n) is 4.35. The lowest BCUT2D eigenvalue weighted by atomic mass is 10.2. The van der Waals surface area contributed by atoms with Gasteiger partial charge >= 0.3 is 0 Å². The SMILES string of the molecule is Cc1cncc(CN=C(N)NCC(C)C)c1.I. The predicted molar refractivity (Wildman–Crippen MR) is 82.6 cm³/mol. The molecule has 1 rings (SSSR count). The molecule has 96 valence electrons. The molecule has 0 amide bonds. The Morgan fingerprint density at radius 1 is 1.47 bits per heavy atom. The van der Waals surface area contributed by atoms with E-state index in [0.29, 0.717) is 18.4 Å². The highest BCUT2D eigenvalue weighted by Gasteiger charge is 1.96. The van der Waals surface area contributed by atoms with Crippen molar-refractivity contribution < 1.29 is 0 Å². The van der Waals surface area contributed by atoms with Crippen LogP contribution in [-0.2, 0) is 6.54 Å². The molecule has 0 spiro atoms. The molecular weight excluding hydrogens is 327 g/mol. The molecule has 0 bridgehead atoms. The summed E-state index contributed by atoms with van der Waals surface area (Å²) < 4.78 is 0. The Kier molecular flexibility index (Phi) is 7.86. The molecule has 0 saturated heterocycles. The van der Waals surface area contributed by atoms with Crippen LogP contribution >= 0.6 is 24.0 Å². The lowest BCUT2D eigenvalue weighted by molar-refractivity contribution is 0.622. The van der Waals surface area contributed by atoms with Crippen molar-refractivity contribution in [2.24, 2.45) is 16.6 Å². The molecule has 1 aromatic rings. The highest BCUT2D eigenvalue weighted by Crippen LogP contribution is 2.02. The zero-order valence-electron chi connectivity index (χ0n) is 10.6. The van der Waals surface area contributed by atoms with Crippen LogP contribution in [-0.4, -0.2) is 17.5 Å². The van der Waals surface area contributed by atoms with Gasteiger partial charge in [0.2, 0.25) is 0 Å². The number of nitrogens with zero attached hydrogens (tertiary/aromatic N) is 2. The van der Waals surface area contributed by atoms with E-state index in [0.717, 1.165) is 17.7 Å². The summed E-state index contributed by atoms with van der Waals surface area (Å²) >= 11 is 0. The first kappa shape index (κ1) is 16.1. The summed E-state index contributed by atoms with van der Waals surface area (Å²) in [7, 11) is 0. The highest BCUT2D eigenvalue weighted by molar-refractivity contribution is 14.0. The van der Waals surface area contributed by atoms with Crippen molar-refractivity contribution in [3.8, 4) is 0 Å². The highest BCUT2D eigenvalue weighted by atomic mass is 127. The van der Waals surface area contributed by atoms with Crippen LogP contribution in [0.15, 0.2) is 23.5 Å². The van der Waals surface area contributed by atoms with E-state index in [1.807, 2.05) is 19.3 Å². The molecule has 0 aliphatic carbocycles. The minimum atomic E-state index is 0. The maximum absolute atomic E-state index is 5.73. The van der Waals surface area contributed by atoms with Crippen LogP contribution in [0.25, 0.3) is 0 Å². The minimum Gasteiger partial charge on any atom is -0.370 e. The van der Waals surface area contributed by atoms with E-state index in [1.54, 1.807) is 0 Å². The molecule has 0 fully saturated rings. The Morgan fingerprint density at radius 3 is 2.76 bits per heavy atom. The number of hydrogen-bond donors (Lipinski definition) is 2. The third-order valence-corrected chi connectivity index (χ3v) is 2.05. The molecule has 0 saturated carbocycles. The zero-order chi connectivity index (χ0) is 12.0. The van der Waals surface area contributed by atoms with E-state index < -0.39 is 0 Å². The maximum Gasteiger partial charge on any atom is 0.188 e. The van der Waals surface area contributed by atoms with Gasteiger partial charge in [-0.1, -0.05) is 19.9 Å². The van der Waals surface area contributed by atoms with E-state index in [9.17, 15) is 0 Å². The Balaban J connectivity index is 0.00000256. The van der Waals surface area contributed by atoms with E-state index >= 15 is 0 Å². The lowest BCUT2D eigenvalue weighted by Gasteiger charge is -2.07. The topological polar surface area (TPSA) is 63.3 Å². The van der Waals surface area contributed by atoms with Crippen molar-refractivity contribution in [1.29, 1.82) is 0 Å². The summed E-state index contributed by atoms with van der Waals surface area (Å²) in [4.78, 5) is 8.36. The van der Waals surface area contributed by atoms with E-state index in [-0.39, 0.29) is 24.0 Å². The third-order valence-electron chi connectivity index (χ3n) is 2.05. The molecule has 17 heavy (non-hydrogen) atoms. The van der Waals surface area contributed by atoms with E-state index in [2.05, 4.69) is 35.2 Å². The average molecular weight is 348 g/mol. The van der Waals surface area contributed by atoms with Crippen molar-refractivity contribution in [2.75, 3.05) is 6.54 Å².